The second-order valence-corrected chi connectivity index (χ2v) is 4.83. The maximum absolute atomic E-state index is 11.7. The van der Waals surface area contributed by atoms with Crippen molar-refractivity contribution >= 4 is 29.0 Å². The number of amides is 1. The van der Waals surface area contributed by atoms with Crippen molar-refractivity contribution in [1.82, 2.24) is 4.98 Å². The molecule has 0 aliphatic rings. The molecule has 0 spiro atoms. The lowest BCUT2D eigenvalue weighted by molar-refractivity contribution is -0.117. The molecule has 1 heterocycles. The van der Waals surface area contributed by atoms with Gasteiger partial charge in [-0.25, -0.2) is 4.98 Å². The number of halogens is 1. The Bertz CT molecular complexity index is 681. The summed E-state index contributed by atoms with van der Waals surface area (Å²) in [6.07, 6.45) is 4.90. The van der Waals surface area contributed by atoms with E-state index in [4.69, 9.17) is 17.3 Å². The minimum absolute atomic E-state index is 0.135. The lowest BCUT2D eigenvalue weighted by Gasteiger charge is -2.00. The minimum Gasteiger partial charge on any atom is -0.384 e. The molecule has 2 aromatic rings. The summed E-state index contributed by atoms with van der Waals surface area (Å²) in [5.41, 5.74) is 7.34. The largest absolute Gasteiger partial charge is 0.384 e. The molecule has 0 aliphatic carbocycles. The van der Waals surface area contributed by atoms with Crippen LogP contribution >= 0.6 is 11.6 Å². The Hall–Kier alpha value is -2.66. The van der Waals surface area contributed by atoms with Crippen LogP contribution in [0, 0.1) is 0 Å². The third-order valence-electron chi connectivity index (χ3n) is 2.68. The monoisotopic (exact) mass is 314 g/mol. The number of aliphatic imine (C=N–C) groups is 1. The van der Waals surface area contributed by atoms with Crippen LogP contribution in [0.25, 0.3) is 0 Å². The average Bonchev–Trinajstić information content (AvgIpc) is 2.50. The van der Waals surface area contributed by atoms with Crippen molar-refractivity contribution in [3.05, 3.63) is 71.7 Å². The summed E-state index contributed by atoms with van der Waals surface area (Å²) in [5, 5.41) is 3.37. The van der Waals surface area contributed by atoms with Crippen molar-refractivity contribution in [2.75, 3.05) is 5.32 Å². The molecule has 22 heavy (non-hydrogen) atoms. The van der Waals surface area contributed by atoms with Gasteiger partial charge in [-0.05, 0) is 23.8 Å². The lowest BCUT2D eigenvalue weighted by atomic mass is 10.1. The first kappa shape index (κ1) is 15.7. The molecule has 0 atom stereocenters. The van der Waals surface area contributed by atoms with E-state index in [9.17, 15) is 4.79 Å². The van der Waals surface area contributed by atoms with Gasteiger partial charge in [-0.2, -0.15) is 4.99 Å². The number of pyridine rings is 1. The van der Waals surface area contributed by atoms with Gasteiger partial charge in [0.25, 0.3) is 5.91 Å². The summed E-state index contributed by atoms with van der Waals surface area (Å²) in [6, 6.07) is 12.8. The third-order valence-corrected chi connectivity index (χ3v) is 2.91. The Kier molecular flexibility index (Phi) is 5.68. The first-order chi connectivity index (χ1) is 10.6. The third kappa shape index (κ3) is 5.38. The van der Waals surface area contributed by atoms with Crippen LogP contribution in [0.1, 0.15) is 5.56 Å². The second kappa shape index (κ2) is 7.95. The lowest BCUT2D eigenvalue weighted by Crippen LogP contribution is -2.12. The van der Waals surface area contributed by atoms with E-state index in [1.807, 2.05) is 30.3 Å². The molecule has 0 radical (unpaired) electrons. The molecule has 112 valence electrons. The zero-order valence-corrected chi connectivity index (χ0v) is 12.5. The number of anilines is 1. The van der Waals surface area contributed by atoms with Crippen molar-refractivity contribution in [2.24, 2.45) is 10.7 Å². The van der Waals surface area contributed by atoms with Crippen LogP contribution in [0.15, 0.2) is 65.9 Å². The minimum atomic E-state index is -0.290. The number of carbonyl (C=O) groups excluding carboxylic acids is 1. The molecule has 1 aromatic carbocycles. The molecule has 2 rings (SSSR count). The SMILES string of the molecule is NC(/C=C\Nc1ccc(Cl)nc1)=NC(=O)Cc1ccccc1. The smallest absolute Gasteiger partial charge is 0.252 e. The topological polar surface area (TPSA) is 80.4 Å². The molecule has 6 heteroatoms. The maximum Gasteiger partial charge on any atom is 0.252 e. The van der Waals surface area contributed by atoms with Crippen LogP contribution in [0.2, 0.25) is 5.15 Å². The Balaban J connectivity index is 1.87. The van der Waals surface area contributed by atoms with E-state index in [2.05, 4.69) is 15.3 Å². The van der Waals surface area contributed by atoms with Crippen LogP contribution in [0.5, 0.6) is 0 Å². The molecule has 0 saturated carbocycles. The number of nitrogens with two attached hydrogens (primary N) is 1. The molecule has 1 amide bonds. The predicted molar refractivity (Wildman–Crippen MR) is 88.8 cm³/mol. The number of hydrogen-bond donors (Lipinski definition) is 2. The van der Waals surface area contributed by atoms with E-state index < -0.39 is 0 Å². The fourth-order valence-corrected chi connectivity index (χ4v) is 1.79. The number of amidine groups is 1. The van der Waals surface area contributed by atoms with E-state index >= 15 is 0 Å². The van der Waals surface area contributed by atoms with E-state index in [0.717, 1.165) is 11.3 Å². The Labute approximate surface area is 133 Å². The van der Waals surface area contributed by atoms with Crippen molar-refractivity contribution < 1.29 is 4.79 Å². The highest BCUT2D eigenvalue weighted by molar-refractivity contribution is 6.29. The molecule has 5 nitrogen and oxygen atoms in total. The first-order valence-electron chi connectivity index (χ1n) is 6.59. The van der Waals surface area contributed by atoms with Gasteiger partial charge in [0.1, 0.15) is 11.0 Å². The Morgan fingerprint density at radius 2 is 2.05 bits per heavy atom. The summed E-state index contributed by atoms with van der Waals surface area (Å²) >= 11 is 5.69. The number of nitrogens with one attached hydrogen (secondary N) is 1. The molecular weight excluding hydrogens is 300 g/mol. The summed E-state index contributed by atoms with van der Waals surface area (Å²) < 4.78 is 0. The van der Waals surface area contributed by atoms with Crippen molar-refractivity contribution in [3.8, 4) is 0 Å². The average molecular weight is 315 g/mol. The zero-order chi connectivity index (χ0) is 15.8. The van der Waals surface area contributed by atoms with Gasteiger partial charge < -0.3 is 11.1 Å². The predicted octanol–water partition coefficient (Wildman–Crippen LogP) is 2.79. The number of aromatic nitrogens is 1. The number of nitrogens with zero attached hydrogens (tertiary/aromatic N) is 2. The Morgan fingerprint density at radius 1 is 1.27 bits per heavy atom. The molecule has 0 fully saturated rings. The van der Waals surface area contributed by atoms with Gasteiger partial charge in [0.2, 0.25) is 0 Å². The first-order valence-corrected chi connectivity index (χ1v) is 6.97. The van der Waals surface area contributed by atoms with Gasteiger partial charge >= 0.3 is 0 Å². The highest BCUT2D eigenvalue weighted by Gasteiger charge is 2.01. The summed E-state index contributed by atoms with van der Waals surface area (Å²) in [7, 11) is 0. The summed E-state index contributed by atoms with van der Waals surface area (Å²) in [5.74, 6) is -0.156. The second-order valence-electron chi connectivity index (χ2n) is 4.44. The summed E-state index contributed by atoms with van der Waals surface area (Å²) in [6.45, 7) is 0. The van der Waals surface area contributed by atoms with Gasteiger partial charge in [-0.1, -0.05) is 41.9 Å². The highest BCUT2D eigenvalue weighted by atomic mass is 35.5. The fraction of sp³-hybridized carbons (Fsp3) is 0.0625. The van der Waals surface area contributed by atoms with Gasteiger partial charge in [0.15, 0.2) is 0 Å². The summed E-state index contributed by atoms with van der Waals surface area (Å²) in [4.78, 5) is 19.5. The van der Waals surface area contributed by atoms with E-state index in [1.54, 1.807) is 24.5 Å². The molecule has 0 saturated heterocycles. The molecule has 0 bridgehead atoms. The molecule has 1 aromatic heterocycles. The van der Waals surface area contributed by atoms with Crippen LogP contribution in [-0.4, -0.2) is 16.7 Å². The van der Waals surface area contributed by atoms with Crippen LogP contribution < -0.4 is 11.1 Å². The van der Waals surface area contributed by atoms with Gasteiger partial charge in [-0.3, -0.25) is 4.79 Å². The number of benzene rings is 1. The highest BCUT2D eigenvalue weighted by Crippen LogP contribution is 2.09. The normalized spacial score (nSPS) is 11.6. The van der Waals surface area contributed by atoms with Crippen molar-refractivity contribution in [2.45, 2.75) is 6.42 Å². The van der Waals surface area contributed by atoms with E-state index in [1.165, 1.54) is 6.08 Å². The molecule has 0 aliphatic heterocycles. The molecule has 3 N–H and O–H groups in total. The van der Waals surface area contributed by atoms with E-state index in [-0.39, 0.29) is 18.2 Å². The van der Waals surface area contributed by atoms with Gasteiger partial charge in [0, 0.05) is 6.20 Å². The Morgan fingerprint density at radius 3 is 2.73 bits per heavy atom. The molecular formula is C16H15ClN4O. The van der Waals surface area contributed by atoms with Crippen LogP contribution in [0.4, 0.5) is 5.69 Å². The van der Waals surface area contributed by atoms with Crippen LogP contribution in [0.3, 0.4) is 0 Å². The standard InChI is InChI=1S/C16H15ClN4O/c17-14-7-6-13(11-20-14)19-9-8-15(18)21-16(22)10-12-4-2-1-3-5-12/h1-9,11,19H,10H2,(H2,18,21,22)/b9-8-. The van der Waals surface area contributed by atoms with Crippen molar-refractivity contribution in [1.29, 1.82) is 0 Å². The van der Waals surface area contributed by atoms with E-state index in [0.29, 0.717) is 5.15 Å². The fourth-order valence-electron chi connectivity index (χ4n) is 1.68. The van der Waals surface area contributed by atoms with Crippen LogP contribution in [-0.2, 0) is 11.2 Å². The van der Waals surface area contributed by atoms with Crippen molar-refractivity contribution in [3.63, 3.8) is 0 Å². The number of rotatable bonds is 5. The quantitative estimate of drug-likeness (QED) is 0.505. The number of carbonyl (C=O) groups is 1. The van der Waals surface area contributed by atoms with Gasteiger partial charge in [-0.15, -0.1) is 0 Å². The zero-order valence-electron chi connectivity index (χ0n) is 11.7. The molecule has 0 unspecified atom stereocenters. The number of hydrogen-bond acceptors (Lipinski definition) is 3. The maximum atomic E-state index is 11.7. The van der Waals surface area contributed by atoms with Gasteiger partial charge in [0.05, 0.1) is 18.3 Å².